The molecular weight excluding hydrogens is 260 g/mol. The van der Waals surface area contributed by atoms with Gasteiger partial charge in [-0.05, 0) is 32.6 Å². The van der Waals surface area contributed by atoms with Crippen LogP contribution >= 0.6 is 0 Å². The number of alkyl carbamates (subject to hydrolysis) is 1. The first-order chi connectivity index (χ1) is 9.46. The Morgan fingerprint density at radius 1 is 1.25 bits per heavy atom. The number of carbonyl (C=O) groups is 2. The molecule has 1 N–H and O–H groups in total. The van der Waals surface area contributed by atoms with Crippen LogP contribution in [0.15, 0.2) is 0 Å². The number of likely N-dealkylation sites (tertiary alicyclic amines) is 1. The Kier molecular flexibility index (Phi) is 6.78. The summed E-state index contributed by atoms with van der Waals surface area (Å²) in [5.74, 6) is 0.205. The number of carbonyl (C=O) groups excluding carboxylic acids is 2. The zero-order valence-corrected chi connectivity index (χ0v) is 12.8. The van der Waals surface area contributed by atoms with E-state index in [0.29, 0.717) is 18.4 Å². The fraction of sp³-hybridized carbons (Fsp3) is 0.857. The van der Waals surface area contributed by atoms with E-state index in [1.165, 1.54) is 14.2 Å². The SMILES string of the molecule is COC(=O)CCC1CC(NC(=O)OC)CN(C(C)C)C1. The smallest absolute Gasteiger partial charge is 0.407 e. The number of methoxy groups -OCH3 is 2. The van der Waals surface area contributed by atoms with Crippen molar-refractivity contribution in [2.24, 2.45) is 5.92 Å². The van der Waals surface area contributed by atoms with E-state index >= 15 is 0 Å². The maximum Gasteiger partial charge on any atom is 0.407 e. The Morgan fingerprint density at radius 2 is 1.95 bits per heavy atom. The van der Waals surface area contributed by atoms with Gasteiger partial charge in [0, 0.05) is 31.6 Å². The second-order valence-corrected chi connectivity index (χ2v) is 5.60. The van der Waals surface area contributed by atoms with Crippen LogP contribution in [0.2, 0.25) is 0 Å². The average Bonchev–Trinajstić information content (AvgIpc) is 2.44. The summed E-state index contributed by atoms with van der Waals surface area (Å²) >= 11 is 0. The lowest BCUT2D eigenvalue weighted by Crippen LogP contribution is -2.52. The van der Waals surface area contributed by atoms with Crippen LogP contribution in [-0.4, -0.2) is 56.4 Å². The van der Waals surface area contributed by atoms with Gasteiger partial charge >= 0.3 is 12.1 Å². The fourth-order valence-electron chi connectivity index (χ4n) is 2.63. The van der Waals surface area contributed by atoms with Crippen molar-refractivity contribution >= 4 is 12.1 Å². The molecule has 2 atom stereocenters. The van der Waals surface area contributed by atoms with E-state index in [4.69, 9.17) is 0 Å². The summed E-state index contributed by atoms with van der Waals surface area (Å²) < 4.78 is 9.34. The zero-order chi connectivity index (χ0) is 15.1. The van der Waals surface area contributed by atoms with Crippen molar-refractivity contribution in [3.05, 3.63) is 0 Å². The summed E-state index contributed by atoms with van der Waals surface area (Å²) in [7, 11) is 2.78. The van der Waals surface area contributed by atoms with Gasteiger partial charge in [-0.3, -0.25) is 9.69 Å². The van der Waals surface area contributed by atoms with Gasteiger partial charge in [-0.2, -0.15) is 0 Å². The van der Waals surface area contributed by atoms with Crippen LogP contribution in [0.1, 0.15) is 33.1 Å². The number of hydrogen-bond acceptors (Lipinski definition) is 5. The van der Waals surface area contributed by atoms with Gasteiger partial charge in [-0.1, -0.05) is 0 Å². The summed E-state index contributed by atoms with van der Waals surface area (Å²) in [5, 5.41) is 2.87. The molecule has 1 amide bonds. The molecule has 1 aliphatic heterocycles. The zero-order valence-electron chi connectivity index (χ0n) is 12.8. The molecule has 0 radical (unpaired) electrons. The van der Waals surface area contributed by atoms with Gasteiger partial charge in [0.1, 0.15) is 0 Å². The Bertz CT molecular complexity index is 333. The molecular formula is C14H26N2O4. The van der Waals surface area contributed by atoms with Gasteiger partial charge in [0.05, 0.1) is 14.2 Å². The van der Waals surface area contributed by atoms with Gasteiger partial charge in [0.25, 0.3) is 0 Å². The van der Waals surface area contributed by atoms with Gasteiger partial charge in [-0.15, -0.1) is 0 Å². The molecule has 1 rings (SSSR count). The van der Waals surface area contributed by atoms with Crippen molar-refractivity contribution in [2.45, 2.75) is 45.2 Å². The second-order valence-electron chi connectivity index (χ2n) is 5.60. The first kappa shape index (κ1) is 16.8. The largest absolute Gasteiger partial charge is 0.469 e. The molecule has 116 valence electrons. The standard InChI is InChI=1S/C14H26N2O4/c1-10(2)16-8-11(5-6-13(17)19-3)7-12(9-16)15-14(18)20-4/h10-12H,5-9H2,1-4H3,(H,15,18). The highest BCUT2D eigenvalue weighted by molar-refractivity contribution is 5.69. The number of piperidine rings is 1. The molecule has 2 unspecified atom stereocenters. The summed E-state index contributed by atoms with van der Waals surface area (Å²) in [6.07, 6.45) is 1.69. The van der Waals surface area contributed by atoms with E-state index in [-0.39, 0.29) is 12.0 Å². The summed E-state index contributed by atoms with van der Waals surface area (Å²) in [6.45, 7) is 6.05. The minimum atomic E-state index is -0.396. The number of nitrogens with zero attached hydrogens (tertiary/aromatic N) is 1. The molecule has 1 heterocycles. The number of amides is 1. The number of nitrogens with one attached hydrogen (secondary N) is 1. The molecule has 1 aliphatic rings. The summed E-state index contributed by atoms with van der Waals surface area (Å²) in [4.78, 5) is 24.9. The molecule has 0 saturated carbocycles. The van der Waals surface area contributed by atoms with Crippen molar-refractivity contribution < 1.29 is 19.1 Å². The van der Waals surface area contributed by atoms with E-state index in [2.05, 4.69) is 33.5 Å². The quantitative estimate of drug-likeness (QED) is 0.774. The molecule has 0 aliphatic carbocycles. The fourth-order valence-corrected chi connectivity index (χ4v) is 2.63. The third-order valence-corrected chi connectivity index (χ3v) is 3.79. The van der Waals surface area contributed by atoms with Crippen molar-refractivity contribution in [3.8, 4) is 0 Å². The maximum atomic E-state index is 11.3. The molecule has 0 aromatic heterocycles. The Balaban J connectivity index is 2.56. The van der Waals surface area contributed by atoms with Crippen LogP contribution in [0, 0.1) is 5.92 Å². The summed E-state index contributed by atoms with van der Waals surface area (Å²) in [5.41, 5.74) is 0. The van der Waals surface area contributed by atoms with Crippen molar-refractivity contribution in [2.75, 3.05) is 27.3 Å². The van der Waals surface area contributed by atoms with E-state index in [1.54, 1.807) is 0 Å². The van der Waals surface area contributed by atoms with Crippen molar-refractivity contribution in [1.29, 1.82) is 0 Å². The highest BCUT2D eigenvalue weighted by Crippen LogP contribution is 2.23. The highest BCUT2D eigenvalue weighted by Gasteiger charge is 2.29. The summed E-state index contributed by atoms with van der Waals surface area (Å²) in [6, 6.07) is 0.485. The molecule has 6 heteroatoms. The number of rotatable bonds is 5. The van der Waals surface area contributed by atoms with Gasteiger partial charge < -0.3 is 14.8 Å². The Hall–Kier alpha value is -1.30. The van der Waals surface area contributed by atoms with E-state index < -0.39 is 6.09 Å². The maximum absolute atomic E-state index is 11.3. The monoisotopic (exact) mass is 286 g/mol. The lowest BCUT2D eigenvalue weighted by Gasteiger charge is -2.40. The number of esters is 1. The van der Waals surface area contributed by atoms with Crippen LogP contribution in [0.3, 0.4) is 0 Å². The molecule has 20 heavy (non-hydrogen) atoms. The molecule has 6 nitrogen and oxygen atoms in total. The van der Waals surface area contributed by atoms with Crippen LogP contribution in [-0.2, 0) is 14.3 Å². The molecule has 0 spiro atoms. The predicted octanol–water partition coefficient (Wildman–Crippen LogP) is 1.39. The van der Waals surface area contributed by atoms with Gasteiger partial charge in [-0.25, -0.2) is 4.79 Å². The first-order valence-electron chi connectivity index (χ1n) is 7.11. The van der Waals surface area contributed by atoms with Gasteiger partial charge in [0.2, 0.25) is 0 Å². The van der Waals surface area contributed by atoms with E-state index in [9.17, 15) is 9.59 Å². The topological polar surface area (TPSA) is 67.9 Å². The molecule has 0 aromatic rings. The van der Waals surface area contributed by atoms with E-state index in [1.807, 2.05) is 0 Å². The second kappa shape index (κ2) is 8.09. The van der Waals surface area contributed by atoms with Crippen molar-refractivity contribution in [3.63, 3.8) is 0 Å². The normalized spacial score (nSPS) is 23.4. The first-order valence-corrected chi connectivity index (χ1v) is 7.11. The van der Waals surface area contributed by atoms with Crippen LogP contribution < -0.4 is 5.32 Å². The molecule has 1 saturated heterocycles. The highest BCUT2D eigenvalue weighted by atomic mass is 16.5. The predicted molar refractivity (Wildman–Crippen MR) is 75.4 cm³/mol. The molecule has 0 bridgehead atoms. The van der Waals surface area contributed by atoms with Gasteiger partial charge in [0.15, 0.2) is 0 Å². The third-order valence-electron chi connectivity index (χ3n) is 3.79. The minimum Gasteiger partial charge on any atom is -0.469 e. The van der Waals surface area contributed by atoms with Crippen LogP contribution in [0.25, 0.3) is 0 Å². The Labute approximate surface area is 120 Å². The van der Waals surface area contributed by atoms with Crippen LogP contribution in [0.5, 0.6) is 0 Å². The Morgan fingerprint density at radius 3 is 2.50 bits per heavy atom. The molecule has 0 aromatic carbocycles. The minimum absolute atomic E-state index is 0.0706. The lowest BCUT2D eigenvalue weighted by atomic mass is 9.89. The third kappa shape index (κ3) is 5.36. The number of hydrogen-bond donors (Lipinski definition) is 1. The van der Waals surface area contributed by atoms with Crippen LogP contribution in [0.4, 0.5) is 4.79 Å². The molecule has 1 fully saturated rings. The lowest BCUT2D eigenvalue weighted by molar-refractivity contribution is -0.141. The van der Waals surface area contributed by atoms with Crippen molar-refractivity contribution in [1.82, 2.24) is 10.2 Å². The average molecular weight is 286 g/mol. The number of ether oxygens (including phenoxy) is 2. The van der Waals surface area contributed by atoms with E-state index in [0.717, 1.165) is 25.9 Å².